The van der Waals surface area contributed by atoms with E-state index in [-0.39, 0.29) is 22.7 Å². The maximum absolute atomic E-state index is 13.6. The van der Waals surface area contributed by atoms with Gasteiger partial charge in [-0.15, -0.1) is 0 Å². The van der Waals surface area contributed by atoms with Crippen LogP contribution in [0.15, 0.2) is 28.7 Å². The first kappa shape index (κ1) is 21.4. The summed E-state index contributed by atoms with van der Waals surface area (Å²) in [4.78, 5) is 0. The number of nitrogens with zero attached hydrogens (tertiary/aromatic N) is 1. The van der Waals surface area contributed by atoms with Gasteiger partial charge in [0.25, 0.3) is 0 Å². The van der Waals surface area contributed by atoms with Crippen molar-refractivity contribution in [2.75, 3.05) is 12.8 Å². The molecule has 0 saturated heterocycles. The van der Waals surface area contributed by atoms with Crippen molar-refractivity contribution in [2.24, 2.45) is 16.2 Å². The summed E-state index contributed by atoms with van der Waals surface area (Å²) >= 11 is 0. The summed E-state index contributed by atoms with van der Waals surface area (Å²) in [7, 11) is -3.27. The molecule has 0 atom stereocenters. The lowest BCUT2D eigenvalue weighted by atomic mass is 9.77. The number of sulfonamides is 1. The van der Waals surface area contributed by atoms with Crippen molar-refractivity contribution in [3.63, 3.8) is 0 Å². The zero-order valence-corrected chi connectivity index (χ0v) is 18.1. The third-order valence-electron chi connectivity index (χ3n) is 6.35. The fourth-order valence-corrected chi connectivity index (χ4v) is 4.87. The second-order valence-corrected chi connectivity index (χ2v) is 11.2. The van der Waals surface area contributed by atoms with Crippen molar-refractivity contribution in [3.8, 4) is 0 Å². The van der Waals surface area contributed by atoms with Gasteiger partial charge in [-0.25, -0.2) is 12.8 Å². The lowest BCUT2D eigenvalue weighted by Gasteiger charge is -2.35. The van der Waals surface area contributed by atoms with Crippen LogP contribution in [0.25, 0.3) is 0 Å². The van der Waals surface area contributed by atoms with E-state index in [1.54, 1.807) is 18.3 Å². The molecule has 2 saturated carbocycles. The van der Waals surface area contributed by atoms with Crippen molar-refractivity contribution in [1.29, 1.82) is 0 Å². The zero-order valence-electron chi connectivity index (χ0n) is 17.2. The van der Waals surface area contributed by atoms with Gasteiger partial charge in [-0.05, 0) is 88.3 Å². The molecular weight excluding hydrogens is 375 g/mol. The molecule has 1 aromatic rings. The molecule has 2 aliphatic carbocycles. The molecule has 4 nitrogen and oxygen atoms in total. The minimum atomic E-state index is -3.27. The maximum Gasteiger partial charge on any atom is 0.249 e. The average Bonchev–Trinajstić information content (AvgIpc) is 3.40. The number of rotatable bonds is 8. The largest absolute Gasteiger partial charge is 0.311 e. The Bertz CT molecular complexity index is 808. The molecule has 28 heavy (non-hydrogen) atoms. The molecule has 0 amide bonds. The Balaban J connectivity index is 1.48. The number of halogens is 1. The molecule has 0 heterocycles. The van der Waals surface area contributed by atoms with E-state index in [0.717, 1.165) is 63.3 Å². The monoisotopic (exact) mass is 408 g/mol. The van der Waals surface area contributed by atoms with Crippen LogP contribution < -0.4 is 5.32 Å². The van der Waals surface area contributed by atoms with E-state index in [4.69, 9.17) is 0 Å². The molecule has 0 radical (unpaired) electrons. The molecule has 6 heteroatoms. The van der Waals surface area contributed by atoms with Crippen LogP contribution in [0.3, 0.4) is 0 Å². The van der Waals surface area contributed by atoms with E-state index in [1.807, 2.05) is 6.07 Å². The van der Waals surface area contributed by atoms with E-state index in [9.17, 15) is 12.8 Å². The van der Waals surface area contributed by atoms with Gasteiger partial charge in [-0.2, -0.15) is 4.40 Å². The number of benzene rings is 1. The van der Waals surface area contributed by atoms with Crippen LogP contribution >= 0.6 is 0 Å². The summed E-state index contributed by atoms with van der Waals surface area (Å²) in [6, 6.07) is 7.04. The first-order valence-electron chi connectivity index (χ1n) is 10.3. The van der Waals surface area contributed by atoms with Crippen LogP contribution in [0.5, 0.6) is 0 Å². The lowest BCUT2D eigenvalue weighted by Crippen LogP contribution is -2.45. The summed E-state index contributed by atoms with van der Waals surface area (Å²) in [5.74, 6) is 0.777. The molecule has 1 aromatic carbocycles. The van der Waals surface area contributed by atoms with Crippen LogP contribution in [0.4, 0.5) is 4.39 Å². The Hall–Kier alpha value is -1.27. The highest BCUT2D eigenvalue weighted by molar-refractivity contribution is 7.89. The van der Waals surface area contributed by atoms with Gasteiger partial charge >= 0.3 is 0 Å². The average molecular weight is 409 g/mol. The Kier molecular flexibility index (Phi) is 6.30. The number of nitrogens with one attached hydrogen (secondary N) is 1. The molecule has 0 aromatic heterocycles. The molecule has 0 aliphatic heterocycles. The highest BCUT2D eigenvalue weighted by Crippen LogP contribution is 2.48. The second kappa shape index (κ2) is 8.23. The fraction of sp³-hybridized carbons (Fsp3) is 0.682. The highest BCUT2D eigenvalue weighted by atomic mass is 32.2. The van der Waals surface area contributed by atoms with Gasteiger partial charge in [0.2, 0.25) is 10.0 Å². The van der Waals surface area contributed by atoms with Gasteiger partial charge in [-0.1, -0.05) is 12.1 Å². The molecule has 0 spiro atoms. The quantitative estimate of drug-likeness (QED) is 0.647. The second-order valence-electron chi connectivity index (χ2n) is 9.50. The highest BCUT2D eigenvalue weighted by Gasteiger charge is 2.45. The van der Waals surface area contributed by atoms with Crippen LogP contribution in [-0.2, 0) is 15.4 Å². The topological polar surface area (TPSA) is 58.5 Å². The van der Waals surface area contributed by atoms with Crippen LogP contribution in [0.1, 0.15) is 64.4 Å². The third-order valence-corrected chi connectivity index (χ3v) is 6.85. The summed E-state index contributed by atoms with van der Waals surface area (Å²) < 4.78 is 39.6. The molecule has 3 rings (SSSR count). The van der Waals surface area contributed by atoms with Gasteiger partial charge < -0.3 is 5.32 Å². The Labute approximate surface area is 169 Å². The molecule has 1 N–H and O–H groups in total. The Morgan fingerprint density at radius 3 is 2.50 bits per heavy atom. The Morgan fingerprint density at radius 2 is 1.93 bits per heavy atom. The minimum Gasteiger partial charge on any atom is -0.311 e. The normalized spacial score (nSPS) is 25.1. The van der Waals surface area contributed by atoms with Gasteiger partial charge in [0.05, 0.1) is 6.26 Å². The van der Waals surface area contributed by atoms with Gasteiger partial charge in [0.15, 0.2) is 0 Å². The fourth-order valence-electron chi connectivity index (χ4n) is 4.48. The number of hydrogen-bond donors (Lipinski definition) is 1. The van der Waals surface area contributed by atoms with Crippen molar-refractivity contribution in [3.05, 3.63) is 35.6 Å². The van der Waals surface area contributed by atoms with Gasteiger partial charge in [0, 0.05) is 23.7 Å². The molecule has 0 bridgehead atoms. The first-order valence-corrected chi connectivity index (χ1v) is 12.2. The van der Waals surface area contributed by atoms with Gasteiger partial charge in [-0.3, -0.25) is 0 Å². The van der Waals surface area contributed by atoms with Crippen molar-refractivity contribution in [1.82, 2.24) is 5.32 Å². The smallest absolute Gasteiger partial charge is 0.249 e. The zero-order chi connectivity index (χ0) is 20.4. The lowest BCUT2D eigenvalue weighted by molar-refractivity contribution is 0.230. The third kappa shape index (κ3) is 6.11. The van der Waals surface area contributed by atoms with E-state index >= 15 is 0 Å². The van der Waals surface area contributed by atoms with E-state index in [0.29, 0.717) is 5.92 Å². The molecule has 2 aliphatic rings. The summed E-state index contributed by atoms with van der Waals surface area (Å²) in [5.41, 5.74) is 1.24. The standard InChI is InChI=1S/C22H33FN2O2S/c1-21(2,14-17-7-9-18(10-8-17)15-25-28(3,26)27)24-16-22(11-12-22)19-5-4-6-20(23)13-19/h4-6,13,15,17-18,24H,7-12,14,16H2,1-3H3/b25-15+. The Morgan fingerprint density at radius 1 is 1.25 bits per heavy atom. The van der Waals surface area contributed by atoms with Crippen molar-refractivity contribution >= 4 is 16.2 Å². The minimum absolute atomic E-state index is 0.0290. The summed E-state index contributed by atoms with van der Waals surface area (Å²) in [6.07, 6.45) is 10.3. The molecule has 0 unspecified atom stereocenters. The van der Waals surface area contributed by atoms with Crippen LogP contribution in [-0.4, -0.2) is 33.0 Å². The van der Waals surface area contributed by atoms with E-state index in [2.05, 4.69) is 23.6 Å². The van der Waals surface area contributed by atoms with E-state index in [1.165, 1.54) is 6.07 Å². The maximum atomic E-state index is 13.6. The first-order chi connectivity index (χ1) is 13.1. The predicted octanol–water partition coefficient (Wildman–Crippen LogP) is 4.45. The van der Waals surface area contributed by atoms with Crippen LogP contribution in [0.2, 0.25) is 0 Å². The van der Waals surface area contributed by atoms with Crippen molar-refractivity contribution < 1.29 is 12.8 Å². The molecule has 2 fully saturated rings. The SMILES string of the molecule is CC(C)(CC1CCC(/C=N/S(C)(=O)=O)CC1)NCC1(c2cccc(F)c2)CC1. The van der Waals surface area contributed by atoms with E-state index < -0.39 is 10.0 Å². The molecule has 156 valence electrons. The van der Waals surface area contributed by atoms with Crippen LogP contribution in [0, 0.1) is 17.7 Å². The molecular formula is C22H33FN2O2S. The van der Waals surface area contributed by atoms with Crippen molar-refractivity contribution in [2.45, 2.75) is 69.7 Å². The summed E-state index contributed by atoms with van der Waals surface area (Å²) in [5, 5.41) is 3.76. The number of hydrogen-bond acceptors (Lipinski definition) is 3. The summed E-state index contributed by atoms with van der Waals surface area (Å²) in [6.45, 7) is 5.40. The predicted molar refractivity (Wildman–Crippen MR) is 113 cm³/mol. The van der Waals surface area contributed by atoms with Gasteiger partial charge in [0.1, 0.15) is 5.82 Å².